The van der Waals surface area contributed by atoms with Gasteiger partial charge in [0.15, 0.2) is 11.2 Å². The van der Waals surface area contributed by atoms with Crippen LogP contribution in [0, 0.1) is 5.82 Å². The molecule has 0 bridgehead atoms. The Kier molecular flexibility index (Phi) is 4.75. The summed E-state index contributed by atoms with van der Waals surface area (Å²) in [4.78, 5) is 20.6. The fraction of sp³-hybridized carbons (Fsp3) is 0.0556. The van der Waals surface area contributed by atoms with Gasteiger partial charge in [-0.25, -0.2) is 14.4 Å². The van der Waals surface area contributed by atoms with E-state index in [1.54, 1.807) is 4.68 Å². The van der Waals surface area contributed by atoms with Gasteiger partial charge in [0.25, 0.3) is 0 Å². The zero-order chi connectivity index (χ0) is 18.6. The Morgan fingerprint density at radius 2 is 1.85 bits per heavy atom. The molecule has 0 unspecified atom stereocenters. The molecule has 2 aromatic heterocycles. The topological polar surface area (TPSA) is 85.6 Å². The number of rotatable bonds is 5. The minimum absolute atomic E-state index is 0.127. The first-order valence-electron chi connectivity index (χ1n) is 8.01. The molecule has 27 heavy (non-hydrogen) atoms. The van der Waals surface area contributed by atoms with Crippen LogP contribution < -0.4 is 5.32 Å². The van der Waals surface area contributed by atoms with E-state index in [0.29, 0.717) is 21.9 Å². The number of nitrogens with zero attached hydrogens (tertiary/aromatic N) is 5. The van der Waals surface area contributed by atoms with Crippen molar-refractivity contribution in [3.8, 4) is 5.69 Å². The van der Waals surface area contributed by atoms with Crippen molar-refractivity contribution in [3.63, 3.8) is 0 Å². The van der Waals surface area contributed by atoms with Crippen molar-refractivity contribution in [1.82, 2.24) is 25.0 Å². The van der Waals surface area contributed by atoms with Crippen molar-refractivity contribution in [2.45, 2.75) is 5.03 Å². The van der Waals surface area contributed by atoms with Crippen LogP contribution in [-0.2, 0) is 4.79 Å². The second-order valence-corrected chi connectivity index (χ2v) is 6.50. The fourth-order valence-corrected chi connectivity index (χ4v) is 3.17. The summed E-state index contributed by atoms with van der Waals surface area (Å²) in [6.45, 7) is 0. The Morgan fingerprint density at radius 1 is 1.07 bits per heavy atom. The second kappa shape index (κ2) is 7.50. The molecule has 0 spiro atoms. The average Bonchev–Trinajstić information content (AvgIpc) is 3.13. The molecular weight excluding hydrogens is 367 g/mol. The van der Waals surface area contributed by atoms with Gasteiger partial charge in [-0.1, -0.05) is 35.2 Å². The number of thioether (sulfide) groups is 1. The van der Waals surface area contributed by atoms with Crippen molar-refractivity contribution >= 4 is 34.5 Å². The van der Waals surface area contributed by atoms with Crippen LogP contribution >= 0.6 is 11.8 Å². The Bertz CT molecular complexity index is 1080. The molecular formula is C18H13FN6OS. The highest BCUT2D eigenvalue weighted by atomic mass is 32.2. The molecule has 0 aliphatic heterocycles. The van der Waals surface area contributed by atoms with Crippen molar-refractivity contribution in [3.05, 3.63) is 66.7 Å². The summed E-state index contributed by atoms with van der Waals surface area (Å²) in [6.07, 6.45) is 1.42. The molecule has 0 radical (unpaired) electrons. The normalized spacial score (nSPS) is 10.9. The van der Waals surface area contributed by atoms with Crippen molar-refractivity contribution in [2.75, 3.05) is 11.1 Å². The summed E-state index contributed by atoms with van der Waals surface area (Å²) in [7, 11) is 0. The predicted molar refractivity (Wildman–Crippen MR) is 100 cm³/mol. The zero-order valence-electron chi connectivity index (χ0n) is 13.9. The smallest absolute Gasteiger partial charge is 0.234 e. The summed E-state index contributed by atoms with van der Waals surface area (Å²) in [6, 6.07) is 15.1. The third kappa shape index (κ3) is 3.77. The Hall–Kier alpha value is -3.33. The van der Waals surface area contributed by atoms with E-state index in [9.17, 15) is 9.18 Å². The molecule has 0 saturated carbocycles. The Morgan fingerprint density at radius 3 is 2.63 bits per heavy atom. The molecule has 0 saturated heterocycles. The highest BCUT2D eigenvalue weighted by Crippen LogP contribution is 2.24. The standard InChI is InChI=1S/C18H13FN6OS/c19-12-6-8-13(9-7-12)22-15(26)10-27-18-16-17(20-11-21-18)25(24-23-16)14-4-2-1-3-5-14/h1-9,11H,10H2,(H,22,26). The molecule has 4 aromatic rings. The molecule has 0 atom stereocenters. The van der Waals surface area contributed by atoms with Crippen LogP contribution in [0.15, 0.2) is 66.0 Å². The molecule has 2 aromatic carbocycles. The van der Waals surface area contributed by atoms with Gasteiger partial charge in [-0.15, -0.1) is 5.10 Å². The van der Waals surface area contributed by atoms with Gasteiger partial charge in [0, 0.05) is 5.69 Å². The predicted octanol–water partition coefficient (Wildman–Crippen LogP) is 3.08. The van der Waals surface area contributed by atoms with Crippen LogP contribution in [0.5, 0.6) is 0 Å². The molecule has 134 valence electrons. The summed E-state index contributed by atoms with van der Waals surface area (Å²) in [5, 5.41) is 11.6. The average molecular weight is 380 g/mol. The lowest BCUT2D eigenvalue weighted by Gasteiger charge is -2.05. The van der Waals surface area contributed by atoms with Crippen molar-refractivity contribution in [2.24, 2.45) is 0 Å². The number of anilines is 1. The number of halogens is 1. The molecule has 9 heteroatoms. The number of para-hydroxylation sites is 1. The van der Waals surface area contributed by atoms with Crippen LogP contribution in [0.3, 0.4) is 0 Å². The molecule has 0 aliphatic rings. The van der Waals surface area contributed by atoms with Gasteiger partial charge in [0.2, 0.25) is 5.91 Å². The first kappa shape index (κ1) is 17.1. The van der Waals surface area contributed by atoms with E-state index in [0.717, 1.165) is 5.69 Å². The van der Waals surface area contributed by atoms with Crippen LogP contribution in [0.4, 0.5) is 10.1 Å². The highest BCUT2D eigenvalue weighted by molar-refractivity contribution is 8.00. The SMILES string of the molecule is O=C(CSc1ncnc2c1nnn2-c1ccccc1)Nc1ccc(F)cc1. The zero-order valence-corrected chi connectivity index (χ0v) is 14.7. The minimum Gasteiger partial charge on any atom is -0.325 e. The molecule has 7 nitrogen and oxygen atoms in total. The summed E-state index contributed by atoms with van der Waals surface area (Å²) < 4.78 is 14.5. The second-order valence-electron chi connectivity index (χ2n) is 5.53. The number of nitrogens with one attached hydrogen (secondary N) is 1. The monoisotopic (exact) mass is 380 g/mol. The molecule has 0 aliphatic carbocycles. The van der Waals surface area contributed by atoms with E-state index in [1.165, 1.54) is 42.4 Å². The quantitative estimate of drug-likeness (QED) is 0.423. The first-order valence-corrected chi connectivity index (χ1v) is 8.99. The van der Waals surface area contributed by atoms with Gasteiger partial charge in [-0.05, 0) is 36.4 Å². The third-order valence-electron chi connectivity index (χ3n) is 3.67. The molecule has 1 amide bonds. The molecule has 0 fully saturated rings. The molecule has 2 heterocycles. The molecule has 4 rings (SSSR count). The van der Waals surface area contributed by atoms with Crippen LogP contribution in [0.1, 0.15) is 0 Å². The number of amides is 1. The van der Waals surface area contributed by atoms with E-state index >= 15 is 0 Å². The van der Waals surface area contributed by atoms with E-state index in [1.807, 2.05) is 30.3 Å². The lowest BCUT2D eigenvalue weighted by Crippen LogP contribution is -2.14. The maximum atomic E-state index is 12.9. The maximum absolute atomic E-state index is 12.9. The van der Waals surface area contributed by atoms with Crippen LogP contribution in [0.2, 0.25) is 0 Å². The number of hydrogen-bond donors (Lipinski definition) is 1. The fourth-order valence-electron chi connectivity index (χ4n) is 2.44. The van der Waals surface area contributed by atoms with Gasteiger partial charge in [-0.2, -0.15) is 4.68 Å². The van der Waals surface area contributed by atoms with Gasteiger partial charge >= 0.3 is 0 Å². The van der Waals surface area contributed by atoms with Crippen molar-refractivity contribution in [1.29, 1.82) is 0 Å². The van der Waals surface area contributed by atoms with E-state index in [-0.39, 0.29) is 17.5 Å². The van der Waals surface area contributed by atoms with E-state index in [2.05, 4.69) is 25.6 Å². The van der Waals surface area contributed by atoms with E-state index in [4.69, 9.17) is 0 Å². The number of aromatic nitrogens is 5. The number of carbonyl (C=O) groups excluding carboxylic acids is 1. The summed E-state index contributed by atoms with van der Waals surface area (Å²) >= 11 is 1.24. The number of fused-ring (bicyclic) bond motifs is 1. The molecule has 1 N–H and O–H groups in total. The lowest BCUT2D eigenvalue weighted by atomic mass is 10.3. The summed E-state index contributed by atoms with van der Waals surface area (Å²) in [5.74, 6) is -0.456. The number of hydrogen-bond acceptors (Lipinski definition) is 6. The van der Waals surface area contributed by atoms with Gasteiger partial charge in [-0.3, -0.25) is 4.79 Å². The highest BCUT2D eigenvalue weighted by Gasteiger charge is 2.14. The first-order chi connectivity index (χ1) is 13.2. The van der Waals surface area contributed by atoms with E-state index < -0.39 is 0 Å². The lowest BCUT2D eigenvalue weighted by molar-refractivity contribution is -0.113. The Labute approximate surface area is 157 Å². The Balaban J connectivity index is 1.50. The maximum Gasteiger partial charge on any atom is 0.234 e. The van der Waals surface area contributed by atoms with Gasteiger partial charge < -0.3 is 5.32 Å². The largest absolute Gasteiger partial charge is 0.325 e. The third-order valence-corrected chi connectivity index (χ3v) is 4.65. The van der Waals surface area contributed by atoms with Gasteiger partial charge in [0.05, 0.1) is 11.4 Å². The number of carbonyl (C=O) groups is 1. The van der Waals surface area contributed by atoms with Crippen LogP contribution in [0.25, 0.3) is 16.9 Å². The minimum atomic E-state index is -0.354. The van der Waals surface area contributed by atoms with Gasteiger partial charge in [0.1, 0.15) is 17.2 Å². The number of benzene rings is 2. The van der Waals surface area contributed by atoms with Crippen molar-refractivity contribution < 1.29 is 9.18 Å². The van der Waals surface area contributed by atoms with Crippen LogP contribution in [-0.4, -0.2) is 36.6 Å². The summed E-state index contributed by atoms with van der Waals surface area (Å²) in [5.41, 5.74) is 2.46.